The smallest absolute Gasteiger partial charge is 0.149 e. The van der Waals surface area contributed by atoms with E-state index in [-0.39, 0.29) is 0 Å². The van der Waals surface area contributed by atoms with Crippen molar-refractivity contribution >= 4 is 22.7 Å². The van der Waals surface area contributed by atoms with E-state index in [9.17, 15) is 0 Å². The molecule has 0 aliphatic carbocycles. The van der Waals surface area contributed by atoms with Crippen molar-refractivity contribution < 1.29 is 9.47 Å². The number of ether oxygens (including phenoxy) is 2. The molecule has 0 atom stereocenters. The second-order valence-electron chi connectivity index (χ2n) is 8.25. The van der Waals surface area contributed by atoms with E-state index in [4.69, 9.17) is 15.9 Å². The zero-order chi connectivity index (χ0) is 25.6. The van der Waals surface area contributed by atoms with Gasteiger partial charge in [-0.3, -0.25) is 0 Å². The van der Waals surface area contributed by atoms with Crippen molar-refractivity contribution in [1.82, 2.24) is 0 Å². The van der Waals surface area contributed by atoms with Crippen LogP contribution in [0.3, 0.4) is 0 Å². The first-order valence-corrected chi connectivity index (χ1v) is 13.8. The molecule has 0 aliphatic rings. The lowest BCUT2D eigenvalue weighted by atomic mass is 10.1. The van der Waals surface area contributed by atoms with Crippen molar-refractivity contribution in [3.05, 3.63) is 46.2 Å². The fourth-order valence-corrected chi connectivity index (χ4v) is 5.38. The number of thiophene rings is 2. The van der Waals surface area contributed by atoms with E-state index in [1.165, 1.54) is 41.9 Å². The zero-order valence-corrected chi connectivity index (χ0v) is 22.8. The Morgan fingerprint density at radius 1 is 0.722 bits per heavy atom. The normalized spacial score (nSPS) is 9.61. The van der Waals surface area contributed by atoms with E-state index < -0.39 is 0 Å². The molecular weight excluding hydrogens is 480 g/mol. The van der Waals surface area contributed by atoms with Crippen LogP contribution in [0, 0.1) is 61.9 Å². The van der Waals surface area contributed by atoms with Crippen LogP contribution in [0.25, 0.3) is 20.9 Å². The second-order valence-corrected chi connectivity index (χ2v) is 10.8. The third kappa shape index (κ3) is 8.29. The van der Waals surface area contributed by atoms with Gasteiger partial charge in [-0.15, -0.1) is 29.1 Å². The lowest BCUT2D eigenvalue weighted by molar-refractivity contribution is 0.305. The molecule has 0 unspecified atom stereocenters. The molecule has 2 heterocycles. The van der Waals surface area contributed by atoms with Crippen LogP contribution in [0.1, 0.15) is 55.2 Å². The minimum Gasteiger partial charge on any atom is -0.493 e. The van der Waals surface area contributed by atoms with E-state index in [1.54, 1.807) is 22.7 Å². The van der Waals surface area contributed by atoms with Crippen molar-refractivity contribution in [3.8, 4) is 80.4 Å². The number of hydrogen-bond donors (Lipinski definition) is 0. The minimum absolute atomic E-state index is 0.675. The monoisotopic (exact) mass is 510 g/mol. The van der Waals surface area contributed by atoms with Crippen LogP contribution in [-0.2, 0) is 0 Å². The van der Waals surface area contributed by atoms with Gasteiger partial charge in [0.15, 0.2) is 0 Å². The van der Waals surface area contributed by atoms with Crippen LogP contribution in [-0.4, -0.2) is 6.61 Å². The van der Waals surface area contributed by atoms with Gasteiger partial charge in [-0.05, 0) is 74.4 Å². The fraction of sp³-hybridized carbons (Fsp3) is 0.312. The summed E-state index contributed by atoms with van der Waals surface area (Å²) in [5.41, 5.74) is 1.97. The maximum Gasteiger partial charge on any atom is 0.149 e. The summed E-state index contributed by atoms with van der Waals surface area (Å²) < 4.78 is 12.3. The first-order chi connectivity index (χ1) is 17.6. The lowest BCUT2D eigenvalue weighted by Crippen LogP contribution is -2.00. The van der Waals surface area contributed by atoms with Gasteiger partial charge in [0.05, 0.1) is 6.61 Å². The molecule has 2 nitrogen and oxygen atoms in total. The predicted octanol–water partition coefficient (Wildman–Crippen LogP) is 8.48. The van der Waals surface area contributed by atoms with Crippen molar-refractivity contribution in [1.29, 1.82) is 0 Å². The van der Waals surface area contributed by atoms with Crippen LogP contribution < -0.4 is 9.47 Å². The Morgan fingerprint density at radius 3 is 1.94 bits per heavy atom. The van der Waals surface area contributed by atoms with Crippen LogP contribution in [0.4, 0.5) is 0 Å². The largest absolute Gasteiger partial charge is 0.493 e. The van der Waals surface area contributed by atoms with Gasteiger partial charge in [-0.25, -0.2) is 0 Å². The van der Waals surface area contributed by atoms with E-state index in [2.05, 4.69) is 92.7 Å². The molecule has 3 aromatic rings. The molecule has 0 fully saturated rings. The summed E-state index contributed by atoms with van der Waals surface area (Å²) in [6, 6.07) is 12.6. The van der Waals surface area contributed by atoms with Gasteiger partial charge in [0.1, 0.15) is 17.6 Å². The van der Waals surface area contributed by atoms with Crippen molar-refractivity contribution in [2.45, 2.75) is 59.3 Å². The number of benzene rings is 1. The number of hydrogen-bond acceptors (Lipinski definition) is 4. The van der Waals surface area contributed by atoms with Gasteiger partial charge in [0.2, 0.25) is 0 Å². The summed E-state index contributed by atoms with van der Waals surface area (Å²) in [6.07, 6.45) is 15.2. The highest BCUT2D eigenvalue weighted by Crippen LogP contribution is 2.44. The molecule has 2 aromatic heterocycles. The zero-order valence-electron chi connectivity index (χ0n) is 21.1. The minimum atomic E-state index is 0.675. The molecule has 0 radical (unpaired) electrons. The van der Waals surface area contributed by atoms with Gasteiger partial charge in [0, 0.05) is 48.4 Å². The molecule has 36 heavy (non-hydrogen) atoms. The molecular formula is C32H30O2S2. The standard InChI is InChI=1S/C32H30O2S2/c1-5-7-9-11-13-15-21-33-29-23-28(32-20-18-26(4)36-32)30(34-22-16-14-12-10-8-6-2)24-27(29)31-19-17-25(3)35-31/h1,17-20,23-24H,6,8,10,12,14,16,22H2,2-4H3. The van der Waals surface area contributed by atoms with Crippen molar-refractivity contribution in [3.63, 3.8) is 0 Å². The van der Waals surface area contributed by atoms with Gasteiger partial charge in [-0.1, -0.05) is 39.0 Å². The molecule has 182 valence electrons. The topological polar surface area (TPSA) is 18.5 Å². The Hall–Kier alpha value is -3.54. The van der Waals surface area contributed by atoms with Gasteiger partial charge < -0.3 is 9.47 Å². The summed E-state index contributed by atoms with van der Waals surface area (Å²) in [6.45, 7) is 7.14. The average molecular weight is 511 g/mol. The molecule has 0 spiro atoms. The van der Waals surface area contributed by atoms with Gasteiger partial charge >= 0.3 is 0 Å². The Morgan fingerprint density at radius 2 is 1.31 bits per heavy atom. The number of rotatable bonds is 11. The third-order valence-corrected chi connectivity index (χ3v) is 7.45. The average Bonchev–Trinajstić information content (AvgIpc) is 3.51. The highest BCUT2D eigenvalue weighted by molar-refractivity contribution is 7.15. The number of terminal acetylenes is 1. The summed E-state index contributed by atoms with van der Waals surface area (Å²) >= 11 is 3.45. The molecule has 0 N–H and O–H groups in total. The molecule has 0 aliphatic heterocycles. The number of aryl methyl sites for hydroxylation is 2. The Labute approximate surface area is 224 Å². The molecule has 3 rings (SSSR count). The number of unbranched alkanes of at least 4 members (excludes halogenated alkanes) is 5. The Balaban J connectivity index is 1.92. The Bertz CT molecular complexity index is 1380. The second kappa shape index (κ2) is 14.8. The fourth-order valence-electron chi connectivity index (χ4n) is 3.61. The summed E-state index contributed by atoms with van der Waals surface area (Å²) in [4.78, 5) is 4.72. The highest BCUT2D eigenvalue weighted by Gasteiger charge is 2.17. The van der Waals surface area contributed by atoms with Crippen LogP contribution in [0.5, 0.6) is 11.5 Å². The molecule has 0 saturated heterocycles. The van der Waals surface area contributed by atoms with E-state index in [0.717, 1.165) is 33.1 Å². The van der Waals surface area contributed by atoms with Crippen LogP contribution >= 0.6 is 22.7 Å². The van der Waals surface area contributed by atoms with Crippen LogP contribution in [0.15, 0.2) is 36.4 Å². The predicted molar refractivity (Wildman–Crippen MR) is 154 cm³/mol. The van der Waals surface area contributed by atoms with Gasteiger partial charge in [0.25, 0.3) is 0 Å². The molecule has 0 bridgehead atoms. The van der Waals surface area contributed by atoms with E-state index in [1.807, 2.05) is 6.07 Å². The lowest BCUT2D eigenvalue weighted by Gasteiger charge is -2.15. The maximum absolute atomic E-state index is 6.38. The van der Waals surface area contributed by atoms with Crippen molar-refractivity contribution in [2.75, 3.05) is 6.61 Å². The molecule has 4 heteroatoms. The maximum atomic E-state index is 6.38. The van der Waals surface area contributed by atoms with E-state index in [0.29, 0.717) is 12.4 Å². The molecule has 0 amide bonds. The SMILES string of the molecule is C#CC#CC#CC#COc1cc(-c2ccc(C)s2)c(OCCCCCCCC)cc1-c1ccc(C)s1. The molecule has 0 saturated carbocycles. The molecule has 1 aromatic carbocycles. The quantitative estimate of drug-likeness (QED) is 0.190. The van der Waals surface area contributed by atoms with Crippen LogP contribution in [0.2, 0.25) is 0 Å². The third-order valence-electron chi connectivity index (χ3n) is 5.38. The first kappa shape index (κ1) is 27.1. The van der Waals surface area contributed by atoms with E-state index >= 15 is 0 Å². The summed E-state index contributed by atoms with van der Waals surface area (Å²) in [7, 11) is 0. The first-order valence-electron chi connectivity index (χ1n) is 12.2. The summed E-state index contributed by atoms with van der Waals surface area (Å²) in [5, 5.41) is 0. The summed E-state index contributed by atoms with van der Waals surface area (Å²) in [5.74, 6) is 16.7. The van der Waals surface area contributed by atoms with Crippen molar-refractivity contribution in [2.24, 2.45) is 0 Å². The van der Waals surface area contributed by atoms with Gasteiger partial charge in [-0.2, -0.15) is 0 Å². The Kier molecular flexibility index (Phi) is 11.1. The highest BCUT2D eigenvalue weighted by atomic mass is 32.1.